The Labute approximate surface area is 149 Å². The Morgan fingerprint density at radius 1 is 1.36 bits per heavy atom. The number of ketones is 1. The highest BCUT2D eigenvalue weighted by Gasteiger charge is 2.34. The summed E-state index contributed by atoms with van der Waals surface area (Å²) in [7, 11) is 0. The molecule has 2 aromatic rings. The largest absolute Gasteiger partial charge is 0.390 e. The number of aliphatic hydroxyl groups excluding tert-OH is 2. The first-order valence-electron chi connectivity index (χ1n) is 7.91. The van der Waals surface area contributed by atoms with E-state index in [1.807, 2.05) is 0 Å². The highest BCUT2D eigenvalue weighted by Crippen LogP contribution is 2.30. The summed E-state index contributed by atoms with van der Waals surface area (Å²) in [6, 6.07) is 2.96. The number of anilines is 1. The third-order valence-corrected chi connectivity index (χ3v) is 5.50. The van der Waals surface area contributed by atoms with Crippen molar-refractivity contribution in [3.8, 4) is 0 Å². The van der Waals surface area contributed by atoms with E-state index in [-0.39, 0.29) is 11.3 Å². The van der Waals surface area contributed by atoms with Gasteiger partial charge >= 0.3 is 0 Å². The molecule has 1 radical (unpaired) electrons. The Morgan fingerprint density at radius 3 is 2.72 bits per heavy atom. The summed E-state index contributed by atoms with van der Waals surface area (Å²) in [4.78, 5) is 22.0. The zero-order valence-corrected chi connectivity index (χ0v) is 14.7. The molecule has 3 rings (SSSR count). The number of hydrogen-bond donors (Lipinski definition) is 4. The van der Waals surface area contributed by atoms with Crippen LogP contribution in [0.25, 0.3) is 0 Å². The number of nitrogens with one attached hydrogen (secondary N) is 1. The van der Waals surface area contributed by atoms with Crippen LogP contribution in [0.3, 0.4) is 0 Å². The number of rotatable bonds is 5. The van der Waals surface area contributed by atoms with E-state index in [1.54, 1.807) is 32.4 Å². The van der Waals surface area contributed by atoms with Crippen LogP contribution >= 0.6 is 11.3 Å². The fourth-order valence-electron chi connectivity index (χ4n) is 2.66. The lowest BCUT2D eigenvalue weighted by atomic mass is 10.1. The van der Waals surface area contributed by atoms with E-state index >= 15 is 0 Å². The van der Waals surface area contributed by atoms with Crippen molar-refractivity contribution in [2.45, 2.75) is 44.1 Å². The van der Waals surface area contributed by atoms with E-state index in [0.29, 0.717) is 22.0 Å². The molecule has 4 N–H and O–H groups in total. The molecule has 1 aliphatic carbocycles. The molecule has 0 aromatic carbocycles. The maximum atomic E-state index is 12.8. The predicted molar refractivity (Wildman–Crippen MR) is 93.4 cm³/mol. The van der Waals surface area contributed by atoms with Crippen LogP contribution in [0, 0.1) is 6.42 Å². The van der Waals surface area contributed by atoms with Crippen molar-refractivity contribution < 1.29 is 20.1 Å². The normalized spacial score (nSPS) is 23.6. The predicted octanol–water partition coefficient (Wildman–Crippen LogP) is 1.11. The SMILES string of the molecule is CC(C)(O)c1ccc(C(=O)c2cncnc2N[C@@H]2C[CH][C@@H](O)[C@H]2O)s1. The maximum Gasteiger partial charge on any atom is 0.208 e. The molecule has 0 spiro atoms. The monoisotopic (exact) mass is 362 g/mol. The van der Waals surface area contributed by atoms with Crippen molar-refractivity contribution in [3.63, 3.8) is 0 Å². The van der Waals surface area contributed by atoms with Gasteiger partial charge in [-0.3, -0.25) is 4.79 Å². The highest BCUT2D eigenvalue weighted by atomic mass is 32.1. The minimum atomic E-state index is -1.02. The highest BCUT2D eigenvalue weighted by molar-refractivity contribution is 7.14. The molecule has 8 heteroatoms. The molecule has 1 saturated carbocycles. The minimum absolute atomic E-state index is 0.263. The van der Waals surface area contributed by atoms with Gasteiger partial charge in [0.15, 0.2) is 0 Å². The van der Waals surface area contributed by atoms with Crippen LogP contribution in [-0.4, -0.2) is 49.3 Å². The van der Waals surface area contributed by atoms with Crippen LogP contribution < -0.4 is 5.32 Å². The second-order valence-corrected chi connectivity index (χ2v) is 7.62. The van der Waals surface area contributed by atoms with Gasteiger partial charge < -0.3 is 20.6 Å². The molecule has 1 aliphatic rings. The van der Waals surface area contributed by atoms with Crippen LogP contribution in [0.15, 0.2) is 24.7 Å². The number of aliphatic hydroxyl groups is 3. The molecule has 25 heavy (non-hydrogen) atoms. The summed E-state index contributed by atoms with van der Waals surface area (Å²) >= 11 is 1.22. The van der Waals surface area contributed by atoms with E-state index in [9.17, 15) is 20.1 Å². The standard InChI is InChI=1S/C17H20N3O4S/c1-17(2,24)13-6-5-12(25-13)14(22)9-7-18-8-19-16(9)20-10-3-4-11(21)15(10)23/h4-8,10-11,15,21,23-24H,3H2,1-2H3,(H,18,19,20)/t10-,11-,15+/m1/s1. The van der Waals surface area contributed by atoms with Gasteiger partial charge in [0.2, 0.25) is 5.78 Å². The van der Waals surface area contributed by atoms with E-state index in [4.69, 9.17) is 0 Å². The van der Waals surface area contributed by atoms with E-state index in [0.717, 1.165) is 0 Å². The molecule has 2 aromatic heterocycles. The first kappa shape index (κ1) is 17.9. The molecule has 0 amide bonds. The molecule has 3 atom stereocenters. The fraction of sp³-hybridized carbons (Fsp3) is 0.412. The molecule has 0 saturated heterocycles. The third kappa shape index (κ3) is 3.72. The number of aromatic nitrogens is 2. The van der Waals surface area contributed by atoms with Gasteiger partial charge in [-0.05, 0) is 38.8 Å². The Morgan fingerprint density at radius 2 is 2.12 bits per heavy atom. The van der Waals surface area contributed by atoms with Crippen molar-refractivity contribution in [1.29, 1.82) is 0 Å². The molecular weight excluding hydrogens is 342 g/mol. The van der Waals surface area contributed by atoms with Crippen LogP contribution in [0.2, 0.25) is 0 Å². The van der Waals surface area contributed by atoms with E-state index in [2.05, 4.69) is 15.3 Å². The van der Waals surface area contributed by atoms with Crippen LogP contribution in [0.4, 0.5) is 5.82 Å². The summed E-state index contributed by atoms with van der Waals surface area (Å²) in [6.07, 6.45) is 2.95. The second-order valence-electron chi connectivity index (χ2n) is 6.54. The van der Waals surface area contributed by atoms with Crippen LogP contribution in [0.5, 0.6) is 0 Å². The third-order valence-electron chi connectivity index (χ3n) is 4.11. The second kappa shape index (κ2) is 6.80. The average molecular weight is 362 g/mol. The van der Waals surface area contributed by atoms with Gasteiger partial charge in [0.1, 0.15) is 18.2 Å². The van der Waals surface area contributed by atoms with Crippen molar-refractivity contribution in [1.82, 2.24) is 9.97 Å². The van der Waals surface area contributed by atoms with Gasteiger partial charge in [-0.25, -0.2) is 9.97 Å². The number of nitrogens with zero attached hydrogens (tertiary/aromatic N) is 2. The van der Waals surface area contributed by atoms with Gasteiger partial charge in [0.05, 0.1) is 28.2 Å². The van der Waals surface area contributed by atoms with Crippen molar-refractivity contribution >= 4 is 22.9 Å². The van der Waals surface area contributed by atoms with E-state index < -0.39 is 23.9 Å². The van der Waals surface area contributed by atoms with Gasteiger partial charge in [-0.15, -0.1) is 11.3 Å². The maximum absolute atomic E-state index is 12.8. The van der Waals surface area contributed by atoms with Crippen molar-refractivity contribution in [3.05, 3.63) is 46.4 Å². The average Bonchev–Trinajstić information content (AvgIpc) is 3.17. The number of carbonyl (C=O) groups excluding carboxylic acids is 1. The lowest BCUT2D eigenvalue weighted by molar-refractivity contribution is 0.0529. The molecule has 7 nitrogen and oxygen atoms in total. The fourth-order valence-corrected chi connectivity index (χ4v) is 3.62. The van der Waals surface area contributed by atoms with Gasteiger partial charge in [-0.1, -0.05) is 0 Å². The Bertz CT molecular complexity index is 771. The van der Waals surface area contributed by atoms with Crippen LogP contribution in [0.1, 0.15) is 40.4 Å². The summed E-state index contributed by atoms with van der Waals surface area (Å²) < 4.78 is 0. The first-order chi connectivity index (χ1) is 11.8. The number of carbonyl (C=O) groups is 1. The zero-order valence-electron chi connectivity index (χ0n) is 13.9. The summed E-state index contributed by atoms with van der Waals surface area (Å²) in [5, 5.41) is 32.7. The molecule has 133 valence electrons. The van der Waals surface area contributed by atoms with E-state index in [1.165, 1.54) is 23.9 Å². The lowest BCUT2D eigenvalue weighted by Gasteiger charge is -2.19. The van der Waals surface area contributed by atoms with Crippen molar-refractivity contribution in [2.24, 2.45) is 0 Å². The molecule has 0 unspecified atom stereocenters. The molecule has 0 bridgehead atoms. The Balaban J connectivity index is 1.85. The summed E-state index contributed by atoms with van der Waals surface area (Å²) in [5.74, 6) is 0.0466. The minimum Gasteiger partial charge on any atom is -0.390 e. The van der Waals surface area contributed by atoms with Gasteiger partial charge in [0, 0.05) is 11.1 Å². The topological polar surface area (TPSA) is 116 Å². The zero-order chi connectivity index (χ0) is 18.2. The Kier molecular flexibility index (Phi) is 4.88. The summed E-state index contributed by atoms with van der Waals surface area (Å²) in [5.41, 5.74) is -0.738. The van der Waals surface area contributed by atoms with Crippen molar-refractivity contribution in [2.75, 3.05) is 5.32 Å². The molecular formula is C17H20N3O4S. The number of thiophene rings is 1. The molecule has 1 fully saturated rings. The quantitative estimate of drug-likeness (QED) is 0.589. The van der Waals surface area contributed by atoms with Crippen LogP contribution in [-0.2, 0) is 5.60 Å². The molecule has 2 heterocycles. The summed E-state index contributed by atoms with van der Waals surface area (Å²) in [6.45, 7) is 3.32. The number of hydrogen-bond acceptors (Lipinski definition) is 8. The molecule has 0 aliphatic heterocycles. The lowest BCUT2D eigenvalue weighted by Crippen LogP contribution is -2.35. The first-order valence-corrected chi connectivity index (χ1v) is 8.72. The van der Waals surface area contributed by atoms with Gasteiger partial charge in [0.25, 0.3) is 0 Å². The Hall–Kier alpha value is -1.87. The smallest absolute Gasteiger partial charge is 0.208 e. The van der Waals surface area contributed by atoms with Gasteiger partial charge in [-0.2, -0.15) is 0 Å².